The third-order valence-electron chi connectivity index (χ3n) is 1.54. The highest BCUT2D eigenvalue weighted by Gasteiger charge is 2.41. The van der Waals surface area contributed by atoms with Crippen LogP contribution in [-0.4, -0.2) is 18.9 Å². The fourth-order valence-electron chi connectivity index (χ4n) is 0.999. The summed E-state index contributed by atoms with van der Waals surface area (Å²) < 4.78 is 40.0. The van der Waals surface area contributed by atoms with Crippen LogP contribution in [0, 0.1) is 0 Å². The lowest BCUT2D eigenvalue weighted by Gasteiger charge is -2.24. The van der Waals surface area contributed by atoms with Crippen molar-refractivity contribution < 1.29 is 17.9 Å². The van der Waals surface area contributed by atoms with Crippen LogP contribution in [0.25, 0.3) is 0 Å². The van der Waals surface area contributed by atoms with Crippen molar-refractivity contribution >= 4 is 0 Å². The minimum atomic E-state index is -4.15. The Bertz CT molecular complexity index is 104. The summed E-state index contributed by atoms with van der Waals surface area (Å²) in [5.41, 5.74) is 0. The highest BCUT2D eigenvalue weighted by atomic mass is 19.4. The van der Waals surface area contributed by atoms with Crippen LogP contribution in [0.4, 0.5) is 13.2 Å². The lowest BCUT2D eigenvalue weighted by molar-refractivity contribution is -0.229. The van der Waals surface area contributed by atoms with E-state index in [0.29, 0.717) is 6.42 Å². The predicted molar refractivity (Wildman–Crippen MR) is 29.6 cm³/mol. The van der Waals surface area contributed by atoms with Gasteiger partial charge in [0.2, 0.25) is 0 Å². The predicted octanol–water partition coefficient (Wildman–Crippen LogP) is 2.12. The lowest BCUT2D eigenvalue weighted by Crippen LogP contribution is -2.34. The van der Waals surface area contributed by atoms with Gasteiger partial charge in [-0.05, 0) is 19.3 Å². The molecule has 0 saturated carbocycles. The van der Waals surface area contributed by atoms with E-state index in [1.54, 1.807) is 0 Å². The van der Waals surface area contributed by atoms with E-state index in [1.165, 1.54) is 0 Å². The molecule has 0 aromatic carbocycles. The van der Waals surface area contributed by atoms with E-state index in [-0.39, 0.29) is 13.0 Å². The molecule has 4 heteroatoms. The van der Waals surface area contributed by atoms with Gasteiger partial charge in [0.25, 0.3) is 0 Å². The van der Waals surface area contributed by atoms with Crippen molar-refractivity contribution in [3.63, 3.8) is 0 Å². The molecule has 1 nitrogen and oxygen atoms in total. The minimum absolute atomic E-state index is 0.128. The highest BCUT2D eigenvalue weighted by molar-refractivity contribution is 4.70. The zero-order chi connectivity index (χ0) is 7.61. The maximum Gasteiger partial charge on any atom is 0.414 e. The first-order valence-electron chi connectivity index (χ1n) is 3.29. The molecule has 0 aromatic heterocycles. The normalized spacial score (nSPS) is 28.5. The first-order valence-corrected chi connectivity index (χ1v) is 3.29. The van der Waals surface area contributed by atoms with Crippen LogP contribution in [0.2, 0.25) is 0 Å². The second-order valence-corrected chi connectivity index (χ2v) is 2.40. The van der Waals surface area contributed by atoms with Crippen molar-refractivity contribution in [3.05, 3.63) is 0 Å². The molecule has 0 unspecified atom stereocenters. The molecule has 60 valence electrons. The third kappa shape index (κ3) is 1.87. The molecular formula is C6H9F3O. The molecular weight excluding hydrogens is 145 g/mol. The standard InChI is InChI=1S/C6H9F3O/c7-6(8,9)5-3-1-2-4-10-5/h5H,1-4H2/t5-/m0/s1. The van der Waals surface area contributed by atoms with E-state index in [1.807, 2.05) is 0 Å². The van der Waals surface area contributed by atoms with Gasteiger partial charge in [0.15, 0.2) is 6.10 Å². The maximum absolute atomic E-state index is 11.8. The van der Waals surface area contributed by atoms with Gasteiger partial charge in [0.05, 0.1) is 0 Å². The summed E-state index contributed by atoms with van der Waals surface area (Å²) in [6.45, 7) is 0.254. The maximum atomic E-state index is 11.8. The Hall–Kier alpha value is -0.250. The van der Waals surface area contributed by atoms with Crippen molar-refractivity contribution in [2.45, 2.75) is 31.5 Å². The molecule has 1 atom stereocenters. The Balaban J connectivity index is 2.39. The number of alkyl halides is 3. The molecule has 1 aliphatic heterocycles. The van der Waals surface area contributed by atoms with Crippen LogP contribution < -0.4 is 0 Å². The molecule has 1 fully saturated rings. The van der Waals surface area contributed by atoms with Crippen LogP contribution in [0.5, 0.6) is 0 Å². The number of halogens is 3. The smallest absolute Gasteiger partial charge is 0.369 e. The number of rotatable bonds is 0. The Morgan fingerprint density at radius 3 is 2.20 bits per heavy atom. The molecule has 10 heavy (non-hydrogen) atoms. The monoisotopic (exact) mass is 154 g/mol. The largest absolute Gasteiger partial charge is 0.414 e. The van der Waals surface area contributed by atoms with Gasteiger partial charge in [-0.1, -0.05) is 0 Å². The van der Waals surface area contributed by atoms with Gasteiger partial charge in [-0.3, -0.25) is 0 Å². The van der Waals surface area contributed by atoms with Crippen LogP contribution >= 0.6 is 0 Å². The molecule has 0 aromatic rings. The lowest BCUT2D eigenvalue weighted by atomic mass is 10.1. The molecule has 1 aliphatic rings. The fraction of sp³-hybridized carbons (Fsp3) is 1.00. The molecule has 0 spiro atoms. The van der Waals surface area contributed by atoms with E-state index < -0.39 is 12.3 Å². The number of hydrogen-bond donors (Lipinski definition) is 0. The van der Waals surface area contributed by atoms with E-state index in [9.17, 15) is 13.2 Å². The summed E-state index contributed by atoms with van der Waals surface area (Å²) in [5.74, 6) is 0. The van der Waals surface area contributed by atoms with E-state index in [4.69, 9.17) is 0 Å². The number of hydrogen-bond acceptors (Lipinski definition) is 1. The Morgan fingerprint density at radius 1 is 1.20 bits per heavy atom. The summed E-state index contributed by atoms with van der Waals surface area (Å²) in [6.07, 6.45) is -4.14. The van der Waals surface area contributed by atoms with Crippen molar-refractivity contribution in [1.29, 1.82) is 0 Å². The second-order valence-electron chi connectivity index (χ2n) is 2.40. The Kier molecular flexibility index (Phi) is 2.18. The van der Waals surface area contributed by atoms with Crippen molar-refractivity contribution in [2.75, 3.05) is 6.61 Å². The van der Waals surface area contributed by atoms with Crippen molar-refractivity contribution in [2.24, 2.45) is 0 Å². The van der Waals surface area contributed by atoms with Gasteiger partial charge in [-0.25, -0.2) is 0 Å². The second kappa shape index (κ2) is 2.78. The molecule has 1 saturated heterocycles. The quantitative estimate of drug-likeness (QED) is 0.519. The summed E-state index contributed by atoms with van der Waals surface area (Å²) in [5, 5.41) is 0. The van der Waals surface area contributed by atoms with E-state index >= 15 is 0 Å². The van der Waals surface area contributed by atoms with Crippen molar-refractivity contribution in [3.8, 4) is 0 Å². The Labute approximate surface area is 57.2 Å². The van der Waals surface area contributed by atoms with Gasteiger partial charge in [-0.15, -0.1) is 0 Å². The summed E-state index contributed by atoms with van der Waals surface area (Å²) in [6, 6.07) is 0. The molecule has 0 amide bonds. The molecule has 1 rings (SSSR count). The van der Waals surface area contributed by atoms with Gasteiger partial charge < -0.3 is 4.74 Å². The van der Waals surface area contributed by atoms with E-state index in [2.05, 4.69) is 4.74 Å². The number of ether oxygens (including phenoxy) is 1. The van der Waals surface area contributed by atoms with Crippen LogP contribution in [0.3, 0.4) is 0 Å². The summed E-state index contributed by atoms with van der Waals surface area (Å²) >= 11 is 0. The minimum Gasteiger partial charge on any atom is -0.369 e. The zero-order valence-electron chi connectivity index (χ0n) is 5.45. The average molecular weight is 154 g/mol. The summed E-state index contributed by atoms with van der Waals surface area (Å²) in [4.78, 5) is 0. The molecule has 0 bridgehead atoms. The third-order valence-corrected chi connectivity index (χ3v) is 1.54. The highest BCUT2D eigenvalue weighted by Crippen LogP contribution is 2.29. The molecule has 0 N–H and O–H groups in total. The average Bonchev–Trinajstić information content (AvgIpc) is 1.88. The van der Waals surface area contributed by atoms with Crippen LogP contribution in [-0.2, 0) is 4.74 Å². The van der Waals surface area contributed by atoms with Crippen molar-refractivity contribution in [1.82, 2.24) is 0 Å². The molecule has 1 heterocycles. The Morgan fingerprint density at radius 2 is 1.90 bits per heavy atom. The van der Waals surface area contributed by atoms with E-state index in [0.717, 1.165) is 6.42 Å². The van der Waals surface area contributed by atoms with Gasteiger partial charge in [-0.2, -0.15) is 13.2 Å². The van der Waals surface area contributed by atoms with Crippen LogP contribution in [0.1, 0.15) is 19.3 Å². The van der Waals surface area contributed by atoms with Crippen LogP contribution in [0.15, 0.2) is 0 Å². The SMILES string of the molecule is FC(F)(F)[C@@H]1CCCCO1. The van der Waals surface area contributed by atoms with Gasteiger partial charge in [0.1, 0.15) is 0 Å². The molecule has 0 aliphatic carbocycles. The summed E-state index contributed by atoms with van der Waals surface area (Å²) in [7, 11) is 0. The first kappa shape index (κ1) is 7.85. The topological polar surface area (TPSA) is 9.23 Å². The zero-order valence-corrected chi connectivity index (χ0v) is 5.45. The first-order chi connectivity index (χ1) is 4.61. The fourth-order valence-corrected chi connectivity index (χ4v) is 0.999. The van der Waals surface area contributed by atoms with Gasteiger partial charge >= 0.3 is 6.18 Å². The van der Waals surface area contributed by atoms with Gasteiger partial charge in [0, 0.05) is 6.61 Å². The molecule has 0 radical (unpaired) electrons.